The van der Waals surface area contributed by atoms with Gasteiger partial charge in [0.05, 0.1) is 6.61 Å². The van der Waals surface area contributed by atoms with Crippen molar-refractivity contribution >= 4 is 0 Å². The number of hydrogen-bond donors (Lipinski definition) is 1. The molecule has 15 heavy (non-hydrogen) atoms. The standard InChI is InChI=1S/C12H26N2O/c1-4-14(11(2)10-15-3)9-12-6-5-7-13-8-12/h11-13H,4-10H2,1-3H3. The Morgan fingerprint density at radius 3 is 2.87 bits per heavy atom. The largest absolute Gasteiger partial charge is 0.383 e. The Hall–Kier alpha value is -0.120. The van der Waals surface area contributed by atoms with Crippen molar-refractivity contribution in [2.24, 2.45) is 5.92 Å². The number of likely N-dealkylation sites (N-methyl/N-ethyl adjacent to an activating group) is 1. The number of nitrogens with zero attached hydrogens (tertiary/aromatic N) is 1. The Bertz CT molecular complexity index is 158. The summed E-state index contributed by atoms with van der Waals surface area (Å²) in [5.41, 5.74) is 0. The van der Waals surface area contributed by atoms with Gasteiger partial charge < -0.3 is 10.1 Å². The Morgan fingerprint density at radius 2 is 2.33 bits per heavy atom. The molecule has 1 rings (SSSR count). The maximum Gasteiger partial charge on any atom is 0.0615 e. The van der Waals surface area contributed by atoms with Gasteiger partial charge in [-0.15, -0.1) is 0 Å². The van der Waals surface area contributed by atoms with Crippen LogP contribution < -0.4 is 5.32 Å². The second-order valence-electron chi connectivity index (χ2n) is 4.60. The van der Waals surface area contributed by atoms with E-state index < -0.39 is 0 Å². The number of hydrogen-bond acceptors (Lipinski definition) is 3. The van der Waals surface area contributed by atoms with Crippen molar-refractivity contribution in [1.29, 1.82) is 0 Å². The molecule has 90 valence electrons. The number of rotatable bonds is 6. The molecule has 2 atom stereocenters. The van der Waals surface area contributed by atoms with E-state index in [2.05, 4.69) is 24.1 Å². The third-order valence-electron chi connectivity index (χ3n) is 3.33. The molecule has 3 heteroatoms. The van der Waals surface area contributed by atoms with Crippen LogP contribution in [-0.4, -0.2) is 50.8 Å². The van der Waals surface area contributed by atoms with Crippen LogP contribution in [0.15, 0.2) is 0 Å². The summed E-state index contributed by atoms with van der Waals surface area (Å²) >= 11 is 0. The first kappa shape index (κ1) is 12.9. The average molecular weight is 214 g/mol. The lowest BCUT2D eigenvalue weighted by molar-refractivity contribution is 0.0879. The van der Waals surface area contributed by atoms with Crippen LogP contribution in [0.3, 0.4) is 0 Å². The van der Waals surface area contributed by atoms with Gasteiger partial charge >= 0.3 is 0 Å². The number of piperidine rings is 1. The molecule has 0 aromatic rings. The second kappa shape index (κ2) is 7.20. The molecule has 1 saturated heterocycles. The average Bonchev–Trinajstić information content (AvgIpc) is 2.27. The Balaban J connectivity index is 2.30. The predicted molar refractivity (Wildman–Crippen MR) is 64.2 cm³/mol. The normalized spacial score (nSPS) is 24.4. The monoisotopic (exact) mass is 214 g/mol. The van der Waals surface area contributed by atoms with Gasteiger partial charge in [-0.05, 0) is 45.3 Å². The summed E-state index contributed by atoms with van der Waals surface area (Å²) in [6.45, 7) is 10.1. The Labute approximate surface area is 94.2 Å². The first-order valence-corrected chi connectivity index (χ1v) is 6.21. The molecular weight excluding hydrogens is 188 g/mol. The van der Waals surface area contributed by atoms with Crippen molar-refractivity contribution < 1.29 is 4.74 Å². The molecule has 0 saturated carbocycles. The molecule has 0 aromatic heterocycles. The van der Waals surface area contributed by atoms with Gasteiger partial charge in [0.25, 0.3) is 0 Å². The van der Waals surface area contributed by atoms with Crippen molar-refractivity contribution in [3.8, 4) is 0 Å². The van der Waals surface area contributed by atoms with Gasteiger partial charge in [-0.25, -0.2) is 0 Å². The van der Waals surface area contributed by atoms with Crippen molar-refractivity contribution in [2.45, 2.75) is 32.7 Å². The highest BCUT2D eigenvalue weighted by molar-refractivity contribution is 4.75. The number of ether oxygens (including phenoxy) is 1. The van der Waals surface area contributed by atoms with Gasteiger partial charge in [0.15, 0.2) is 0 Å². The minimum atomic E-state index is 0.543. The summed E-state index contributed by atoms with van der Waals surface area (Å²) in [5, 5.41) is 3.48. The zero-order valence-electron chi connectivity index (χ0n) is 10.5. The van der Waals surface area contributed by atoms with E-state index in [1.165, 1.54) is 32.5 Å². The summed E-state index contributed by atoms with van der Waals surface area (Å²) in [7, 11) is 1.78. The molecule has 0 spiro atoms. The van der Waals surface area contributed by atoms with E-state index in [1.807, 2.05) is 0 Å². The van der Waals surface area contributed by atoms with E-state index in [0.717, 1.165) is 19.1 Å². The summed E-state index contributed by atoms with van der Waals surface area (Å²) in [4.78, 5) is 2.53. The van der Waals surface area contributed by atoms with E-state index in [-0.39, 0.29) is 0 Å². The predicted octanol–water partition coefficient (Wildman–Crippen LogP) is 1.34. The van der Waals surface area contributed by atoms with E-state index in [4.69, 9.17) is 4.74 Å². The molecule has 3 nitrogen and oxygen atoms in total. The van der Waals surface area contributed by atoms with E-state index >= 15 is 0 Å². The quantitative estimate of drug-likeness (QED) is 0.722. The van der Waals surface area contributed by atoms with Gasteiger partial charge in [0, 0.05) is 19.7 Å². The van der Waals surface area contributed by atoms with Crippen molar-refractivity contribution in [3.05, 3.63) is 0 Å². The molecule has 1 aliphatic rings. The van der Waals surface area contributed by atoms with E-state index in [9.17, 15) is 0 Å². The van der Waals surface area contributed by atoms with Crippen molar-refractivity contribution in [3.63, 3.8) is 0 Å². The molecule has 2 unspecified atom stereocenters. The minimum absolute atomic E-state index is 0.543. The lowest BCUT2D eigenvalue weighted by atomic mass is 9.98. The van der Waals surface area contributed by atoms with Crippen LogP contribution in [0.1, 0.15) is 26.7 Å². The highest BCUT2D eigenvalue weighted by Gasteiger charge is 2.19. The highest BCUT2D eigenvalue weighted by Crippen LogP contribution is 2.13. The third-order valence-corrected chi connectivity index (χ3v) is 3.33. The van der Waals surface area contributed by atoms with Crippen LogP contribution >= 0.6 is 0 Å². The summed E-state index contributed by atoms with van der Waals surface area (Å²) < 4.78 is 5.22. The molecule has 1 heterocycles. The Morgan fingerprint density at radius 1 is 1.53 bits per heavy atom. The molecule has 1 fully saturated rings. The van der Waals surface area contributed by atoms with Crippen LogP contribution in [0.4, 0.5) is 0 Å². The lowest BCUT2D eigenvalue weighted by Crippen LogP contribution is -2.43. The molecule has 0 aliphatic carbocycles. The lowest BCUT2D eigenvalue weighted by Gasteiger charge is -2.33. The number of nitrogens with one attached hydrogen (secondary N) is 1. The minimum Gasteiger partial charge on any atom is -0.383 e. The van der Waals surface area contributed by atoms with E-state index in [1.54, 1.807) is 7.11 Å². The molecule has 1 aliphatic heterocycles. The topological polar surface area (TPSA) is 24.5 Å². The smallest absolute Gasteiger partial charge is 0.0615 e. The fourth-order valence-corrected chi connectivity index (χ4v) is 2.38. The highest BCUT2D eigenvalue weighted by atomic mass is 16.5. The summed E-state index contributed by atoms with van der Waals surface area (Å²) in [6.07, 6.45) is 2.71. The van der Waals surface area contributed by atoms with Gasteiger partial charge in [-0.1, -0.05) is 6.92 Å². The van der Waals surface area contributed by atoms with Crippen molar-refractivity contribution in [1.82, 2.24) is 10.2 Å². The third kappa shape index (κ3) is 4.49. The van der Waals surface area contributed by atoms with Gasteiger partial charge in [0.1, 0.15) is 0 Å². The molecule has 0 amide bonds. The van der Waals surface area contributed by atoms with Crippen LogP contribution in [0.5, 0.6) is 0 Å². The van der Waals surface area contributed by atoms with Gasteiger partial charge in [-0.3, -0.25) is 4.90 Å². The van der Waals surface area contributed by atoms with Crippen molar-refractivity contribution in [2.75, 3.05) is 39.9 Å². The maximum atomic E-state index is 5.22. The van der Waals surface area contributed by atoms with Crippen LogP contribution in [0, 0.1) is 5.92 Å². The van der Waals surface area contributed by atoms with Gasteiger partial charge in [-0.2, -0.15) is 0 Å². The zero-order chi connectivity index (χ0) is 11.1. The van der Waals surface area contributed by atoms with E-state index in [0.29, 0.717) is 6.04 Å². The molecule has 0 radical (unpaired) electrons. The first-order chi connectivity index (χ1) is 7.27. The SMILES string of the molecule is CCN(CC1CCCNC1)C(C)COC. The summed E-state index contributed by atoms with van der Waals surface area (Å²) in [6, 6.07) is 0.543. The van der Waals surface area contributed by atoms with Gasteiger partial charge in [0.2, 0.25) is 0 Å². The summed E-state index contributed by atoms with van der Waals surface area (Å²) in [5.74, 6) is 0.831. The maximum absolute atomic E-state index is 5.22. The van der Waals surface area contributed by atoms with Crippen LogP contribution in [0.25, 0.3) is 0 Å². The van der Waals surface area contributed by atoms with Crippen LogP contribution in [-0.2, 0) is 4.74 Å². The second-order valence-corrected chi connectivity index (χ2v) is 4.60. The molecule has 0 bridgehead atoms. The fraction of sp³-hybridized carbons (Fsp3) is 1.00. The Kier molecular flexibility index (Phi) is 6.22. The molecular formula is C12H26N2O. The number of methoxy groups -OCH3 is 1. The molecule has 1 N–H and O–H groups in total. The fourth-order valence-electron chi connectivity index (χ4n) is 2.38. The molecule has 0 aromatic carbocycles. The zero-order valence-corrected chi connectivity index (χ0v) is 10.5. The van der Waals surface area contributed by atoms with Crippen LogP contribution in [0.2, 0.25) is 0 Å². The first-order valence-electron chi connectivity index (χ1n) is 6.21.